The highest BCUT2D eigenvalue weighted by molar-refractivity contribution is 9.10. The van der Waals surface area contributed by atoms with E-state index in [4.69, 9.17) is 5.26 Å². The van der Waals surface area contributed by atoms with E-state index in [1.165, 1.54) is 30.5 Å². The molecule has 1 N–H and O–H groups in total. The van der Waals surface area contributed by atoms with Crippen LogP contribution in [0.5, 0.6) is 0 Å². The Bertz CT molecular complexity index is 665. The maximum Gasteiger partial charge on any atom is 0.256 e. The van der Waals surface area contributed by atoms with Gasteiger partial charge in [-0.15, -0.1) is 0 Å². The lowest BCUT2D eigenvalue weighted by atomic mass is 10.2. The van der Waals surface area contributed by atoms with Crippen molar-refractivity contribution in [2.45, 2.75) is 0 Å². The fourth-order valence-corrected chi connectivity index (χ4v) is 1.74. The van der Waals surface area contributed by atoms with E-state index < -0.39 is 11.7 Å². The monoisotopic (exact) mass is 319 g/mol. The van der Waals surface area contributed by atoms with Crippen molar-refractivity contribution in [1.82, 2.24) is 4.98 Å². The molecule has 0 spiro atoms. The SMILES string of the molecule is N#Cc1ccc(NC(=O)c2ccc(F)c(Br)c2)nc1. The molecule has 1 heterocycles. The molecule has 2 aromatic rings. The van der Waals surface area contributed by atoms with Gasteiger partial charge in [-0.05, 0) is 46.3 Å². The summed E-state index contributed by atoms with van der Waals surface area (Å²) in [6.07, 6.45) is 1.36. The van der Waals surface area contributed by atoms with E-state index in [9.17, 15) is 9.18 Å². The van der Waals surface area contributed by atoms with Gasteiger partial charge in [0.05, 0.1) is 10.0 Å². The van der Waals surface area contributed by atoms with Crippen molar-refractivity contribution in [3.63, 3.8) is 0 Å². The van der Waals surface area contributed by atoms with Crippen LogP contribution in [0.2, 0.25) is 0 Å². The van der Waals surface area contributed by atoms with Crippen molar-refractivity contribution in [3.8, 4) is 6.07 Å². The third kappa shape index (κ3) is 3.14. The molecule has 0 bridgehead atoms. The predicted molar refractivity (Wildman–Crippen MR) is 71.0 cm³/mol. The van der Waals surface area contributed by atoms with Crippen LogP contribution in [0.4, 0.5) is 10.2 Å². The molecule has 94 valence electrons. The Morgan fingerprint density at radius 2 is 2.16 bits per heavy atom. The average Bonchev–Trinajstić information content (AvgIpc) is 2.42. The maximum absolute atomic E-state index is 13.1. The van der Waals surface area contributed by atoms with Crippen LogP contribution in [0.3, 0.4) is 0 Å². The van der Waals surface area contributed by atoms with Gasteiger partial charge in [-0.3, -0.25) is 4.79 Å². The van der Waals surface area contributed by atoms with Gasteiger partial charge < -0.3 is 5.32 Å². The number of pyridine rings is 1. The van der Waals surface area contributed by atoms with Crippen LogP contribution in [0.15, 0.2) is 41.0 Å². The van der Waals surface area contributed by atoms with E-state index in [1.807, 2.05) is 6.07 Å². The number of carbonyl (C=O) groups excluding carboxylic acids is 1. The number of halogens is 2. The molecule has 0 unspecified atom stereocenters. The molecule has 19 heavy (non-hydrogen) atoms. The topological polar surface area (TPSA) is 65.8 Å². The van der Waals surface area contributed by atoms with Gasteiger partial charge in [0.25, 0.3) is 5.91 Å². The third-order valence-corrected chi connectivity index (χ3v) is 2.92. The van der Waals surface area contributed by atoms with Crippen molar-refractivity contribution in [3.05, 3.63) is 57.9 Å². The zero-order chi connectivity index (χ0) is 13.8. The second kappa shape index (κ2) is 5.59. The molecule has 0 saturated carbocycles. The largest absolute Gasteiger partial charge is 0.307 e. The van der Waals surface area contributed by atoms with E-state index in [0.29, 0.717) is 16.9 Å². The van der Waals surface area contributed by atoms with Crippen LogP contribution in [-0.4, -0.2) is 10.9 Å². The zero-order valence-electron chi connectivity index (χ0n) is 9.52. The number of nitriles is 1. The first-order chi connectivity index (χ1) is 9.10. The second-order valence-corrected chi connectivity index (χ2v) is 4.48. The summed E-state index contributed by atoms with van der Waals surface area (Å²) in [5, 5.41) is 11.2. The average molecular weight is 320 g/mol. The molecule has 6 heteroatoms. The summed E-state index contributed by atoms with van der Waals surface area (Å²) in [7, 11) is 0. The molecule has 1 aromatic carbocycles. The minimum Gasteiger partial charge on any atom is -0.307 e. The Morgan fingerprint density at radius 3 is 2.74 bits per heavy atom. The number of nitrogens with one attached hydrogen (secondary N) is 1. The fraction of sp³-hybridized carbons (Fsp3) is 0. The molecule has 0 aliphatic heterocycles. The van der Waals surface area contributed by atoms with Crippen LogP contribution in [-0.2, 0) is 0 Å². The number of hydrogen-bond donors (Lipinski definition) is 1. The molecule has 0 aliphatic carbocycles. The van der Waals surface area contributed by atoms with Gasteiger partial charge in [0.15, 0.2) is 0 Å². The molecule has 0 atom stereocenters. The Hall–Kier alpha value is -2.26. The summed E-state index contributed by atoms with van der Waals surface area (Å²) in [5.41, 5.74) is 0.710. The highest BCUT2D eigenvalue weighted by atomic mass is 79.9. The van der Waals surface area contributed by atoms with Gasteiger partial charge in [0.2, 0.25) is 0 Å². The molecule has 0 saturated heterocycles. The summed E-state index contributed by atoms with van der Waals surface area (Å²) in [6.45, 7) is 0. The number of amides is 1. The van der Waals surface area contributed by atoms with E-state index in [1.54, 1.807) is 6.07 Å². The van der Waals surface area contributed by atoms with Gasteiger partial charge in [-0.25, -0.2) is 9.37 Å². The molecule has 0 aliphatic rings. The van der Waals surface area contributed by atoms with Crippen LogP contribution >= 0.6 is 15.9 Å². The Kier molecular flexibility index (Phi) is 3.88. The number of aromatic nitrogens is 1. The molecule has 0 radical (unpaired) electrons. The van der Waals surface area contributed by atoms with Gasteiger partial charge in [-0.1, -0.05) is 0 Å². The number of rotatable bonds is 2. The van der Waals surface area contributed by atoms with E-state index in [2.05, 4.69) is 26.2 Å². The maximum atomic E-state index is 13.1. The standard InChI is InChI=1S/C13H7BrFN3O/c14-10-5-9(2-3-11(10)15)13(19)18-12-4-1-8(6-16)7-17-12/h1-5,7H,(H,17,18,19). The van der Waals surface area contributed by atoms with Crippen molar-refractivity contribution in [2.75, 3.05) is 5.32 Å². The molecule has 2 rings (SSSR count). The van der Waals surface area contributed by atoms with Gasteiger partial charge in [0.1, 0.15) is 17.7 Å². The lowest BCUT2D eigenvalue weighted by Crippen LogP contribution is -2.13. The quantitative estimate of drug-likeness (QED) is 0.924. The first-order valence-corrected chi connectivity index (χ1v) is 6.02. The summed E-state index contributed by atoms with van der Waals surface area (Å²) in [5.74, 6) is -0.518. The lowest BCUT2D eigenvalue weighted by molar-refractivity contribution is 0.102. The number of anilines is 1. The molecule has 1 amide bonds. The highest BCUT2D eigenvalue weighted by Crippen LogP contribution is 2.17. The Balaban J connectivity index is 2.16. The van der Waals surface area contributed by atoms with E-state index in [-0.39, 0.29) is 4.47 Å². The first kappa shape index (κ1) is 13.2. The van der Waals surface area contributed by atoms with Crippen molar-refractivity contribution in [1.29, 1.82) is 5.26 Å². The molecular formula is C13H7BrFN3O. The molecule has 1 aromatic heterocycles. The number of carbonyl (C=O) groups is 1. The number of benzene rings is 1. The van der Waals surface area contributed by atoms with Gasteiger partial charge in [0, 0.05) is 11.8 Å². The predicted octanol–water partition coefficient (Wildman–Crippen LogP) is 3.11. The lowest BCUT2D eigenvalue weighted by Gasteiger charge is -2.05. The van der Waals surface area contributed by atoms with Crippen LogP contribution in [0, 0.1) is 17.1 Å². The minimum atomic E-state index is -0.437. The fourth-order valence-electron chi connectivity index (χ4n) is 1.36. The van der Waals surface area contributed by atoms with E-state index >= 15 is 0 Å². The number of hydrogen-bond acceptors (Lipinski definition) is 3. The highest BCUT2D eigenvalue weighted by Gasteiger charge is 2.09. The normalized spacial score (nSPS) is 9.74. The first-order valence-electron chi connectivity index (χ1n) is 5.22. The molecular weight excluding hydrogens is 313 g/mol. The Morgan fingerprint density at radius 1 is 1.37 bits per heavy atom. The zero-order valence-corrected chi connectivity index (χ0v) is 11.1. The van der Waals surface area contributed by atoms with Crippen molar-refractivity contribution < 1.29 is 9.18 Å². The summed E-state index contributed by atoms with van der Waals surface area (Å²) < 4.78 is 13.3. The van der Waals surface area contributed by atoms with E-state index in [0.717, 1.165) is 0 Å². The minimum absolute atomic E-state index is 0.216. The summed E-state index contributed by atoms with van der Waals surface area (Å²) >= 11 is 3.01. The number of nitrogens with zero attached hydrogens (tertiary/aromatic N) is 2. The van der Waals surface area contributed by atoms with Crippen LogP contribution in [0.25, 0.3) is 0 Å². The van der Waals surface area contributed by atoms with Gasteiger partial charge >= 0.3 is 0 Å². The van der Waals surface area contributed by atoms with Crippen LogP contribution < -0.4 is 5.32 Å². The molecule has 4 nitrogen and oxygen atoms in total. The molecule has 0 fully saturated rings. The van der Waals surface area contributed by atoms with Crippen molar-refractivity contribution in [2.24, 2.45) is 0 Å². The smallest absolute Gasteiger partial charge is 0.256 e. The van der Waals surface area contributed by atoms with Gasteiger partial charge in [-0.2, -0.15) is 5.26 Å². The Labute approximate surface area is 117 Å². The third-order valence-electron chi connectivity index (χ3n) is 2.32. The summed E-state index contributed by atoms with van der Waals surface area (Å²) in [4.78, 5) is 15.8. The van der Waals surface area contributed by atoms with Crippen molar-refractivity contribution >= 4 is 27.7 Å². The second-order valence-electron chi connectivity index (χ2n) is 3.63. The van der Waals surface area contributed by atoms with Crippen LogP contribution in [0.1, 0.15) is 15.9 Å². The summed E-state index contributed by atoms with van der Waals surface area (Å²) in [6, 6.07) is 8.95.